The molecule has 0 atom stereocenters. The van der Waals surface area contributed by atoms with Crippen LogP contribution in [0.2, 0.25) is 0 Å². The van der Waals surface area contributed by atoms with Crippen molar-refractivity contribution in [3.63, 3.8) is 0 Å². The van der Waals surface area contributed by atoms with Gasteiger partial charge in [0, 0.05) is 11.4 Å². The molecule has 0 radical (unpaired) electrons. The first-order valence-electron chi connectivity index (χ1n) is 3.60. The number of benzene rings is 1. The Morgan fingerprint density at radius 3 is 2.85 bits per heavy atom. The molecule has 1 N–H and O–H groups in total. The topological polar surface area (TPSA) is 52.9 Å². The van der Waals surface area contributed by atoms with Crippen molar-refractivity contribution in [2.75, 3.05) is 5.32 Å². The van der Waals surface area contributed by atoms with Crippen LogP contribution >= 0.6 is 15.9 Å². The predicted molar refractivity (Wildman–Crippen MR) is 53.2 cm³/mol. The van der Waals surface area contributed by atoms with Gasteiger partial charge in [0.05, 0.1) is 11.3 Å². The molecule has 0 spiro atoms. The lowest BCUT2D eigenvalue weighted by Crippen LogP contribution is -2.07. The normalized spacial score (nSPS) is 9.00. The number of anilines is 1. The Morgan fingerprint density at radius 2 is 2.31 bits per heavy atom. The first-order chi connectivity index (χ1) is 6.13. The summed E-state index contributed by atoms with van der Waals surface area (Å²) < 4.78 is 0.818. The lowest BCUT2D eigenvalue weighted by molar-refractivity contribution is -0.114. The van der Waals surface area contributed by atoms with Crippen molar-refractivity contribution in [3.8, 4) is 6.07 Å². The molecular formula is C9H7BrN2O. The van der Waals surface area contributed by atoms with E-state index in [-0.39, 0.29) is 5.91 Å². The van der Waals surface area contributed by atoms with E-state index in [1.807, 2.05) is 6.07 Å². The van der Waals surface area contributed by atoms with Gasteiger partial charge in [0.1, 0.15) is 6.07 Å². The molecule has 0 aromatic heterocycles. The first kappa shape index (κ1) is 9.75. The fraction of sp³-hybridized carbons (Fsp3) is 0.111. The SMILES string of the molecule is CC(=O)Nc1ccc(Br)cc1C#N. The van der Waals surface area contributed by atoms with E-state index in [0.29, 0.717) is 11.3 Å². The Balaban J connectivity index is 3.08. The molecule has 0 saturated carbocycles. The molecule has 0 aliphatic heterocycles. The lowest BCUT2D eigenvalue weighted by atomic mass is 10.2. The van der Waals surface area contributed by atoms with Gasteiger partial charge in [-0.1, -0.05) is 15.9 Å². The maximum absolute atomic E-state index is 10.7. The van der Waals surface area contributed by atoms with Crippen LogP contribution in [-0.4, -0.2) is 5.91 Å². The number of rotatable bonds is 1. The van der Waals surface area contributed by atoms with E-state index >= 15 is 0 Å². The standard InChI is InChI=1S/C9H7BrN2O/c1-6(13)12-9-3-2-8(10)4-7(9)5-11/h2-4H,1H3,(H,12,13). The van der Waals surface area contributed by atoms with Crippen molar-refractivity contribution >= 4 is 27.5 Å². The first-order valence-corrected chi connectivity index (χ1v) is 4.40. The van der Waals surface area contributed by atoms with Crippen LogP contribution in [0.1, 0.15) is 12.5 Å². The van der Waals surface area contributed by atoms with Gasteiger partial charge in [-0.3, -0.25) is 4.79 Å². The van der Waals surface area contributed by atoms with E-state index in [2.05, 4.69) is 21.2 Å². The zero-order valence-corrected chi connectivity index (χ0v) is 8.55. The molecular weight excluding hydrogens is 232 g/mol. The van der Waals surface area contributed by atoms with Crippen LogP contribution in [0, 0.1) is 11.3 Å². The van der Waals surface area contributed by atoms with Crippen LogP contribution in [-0.2, 0) is 4.79 Å². The average molecular weight is 239 g/mol. The summed E-state index contributed by atoms with van der Waals surface area (Å²) in [6, 6.07) is 7.11. The molecule has 0 aliphatic carbocycles. The molecule has 0 bridgehead atoms. The predicted octanol–water partition coefficient (Wildman–Crippen LogP) is 2.28. The molecule has 0 heterocycles. The fourth-order valence-electron chi connectivity index (χ4n) is 0.908. The largest absolute Gasteiger partial charge is 0.325 e. The molecule has 4 heteroatoms. The third kappa shape index (κ3) is 2.56. The number of nitriles is 1. The second kappa shape index (κ2) is 4.06. The summed E-state index contributed by atoms with van der Waals surface area (Å²) >= 11 is 3.24. The molecule has 13 heavy (non-hydrogen) atoms. The summed E-state index contributed by atoms with van der Waals surface area (Å²) in [5.74, 6) is -0.182. The van der Waals surface area contributed by atoms with Gasteiger partial charge in [0.15, 0.2) is 0 Å². The van der Waals surface area contributed by atoms with Crippen LogP contribution in [0.15, 0.2) is 22.7 Å². The van der Waals surface area contributed by atoms with Crippen molar-refractivity contribution in [3.05, 3.63) is 28.2 Å². The van der Waals surface area contributed by atoms with Crippen LogP contribution in [0.5, 0.6) is 0 Å². The maximum atomic E-state index is 10.7. The highest BCUT2D eigenvalue weighted by molar-refractivity contribution is 9.10. The Hall–Kier alpha value is -1.34. The second-order valence-corrected chi connectivity index (χ2v) is 3.40. The zero-order valence-electron chi connectivity index (χ0n) is 6.97. The molecule has 3 nitrogen and oxygen atoms in total. The molecule has 0 fully saturated rings. The highest BCUT2D eigenvalue weighted by atomic mass is 79.9. The van der Waals surface area contributed by atoms with E-state index in [4.69, 9.17) is 5.26 Å². The summed E-state index contributed by atoms with van der Waals surface area (Å²) in [5.41, 5.74) is 0.989. The molecule has 1 aromatic rings. The third-order valence-electron chi connectivity index (χ3n) is 1.41. The molecule has 0 unspecified atom stereocenters. The third-order valence-corrected chi connectivity index (χ3v) is 1.91. The molecule has 1 amide bonds. The fourth-order valence-corrected chi connectivity index (χ4v) is 1.27. The van der Waals surface area contributed by atoms with Crippen molar-refractivity contribution in [2.45, 2.75) is 6.92 Å². The van der Waals surface area contributed by atoms with E-state index in [1.165, 1.54) is 6.92 Å². The zero-order chi connectivity index (χ0) is 9.84. The van der Waals surface area contributed by atoms with Gasteiger partial charge in [0.2, 0.25) is 5.91 Å². The molecule has 0 saturated heterocycles. The molecule has 66 valence electrons. The Morgan fingerprint density at radius 1 is 1.62 bits per heavy atom. The number of amides is 1. The van der Waals surface area contributed by atoms with Crippen molar-refractivity contribution in [2.24, 2.45) is 0 Å². The van der Waals surface area contributed by atoms with Gasteiger partial charge in [0.25, 0.3) is 0 Å². The van der Waals surface area contributed by atoms with Gasteiger partial charge < -0.3 is 5.32 Å². The van der Waals surface area contributed by atoms with Gasteiger partial charge in [-0.25, -0.2) is 0 Å². The lowest BCUT2D eigenvalue weighted by Gasteiger charge is -2.03. The van der Waals surface area contributed by atoms with E-state index in [9.17, 15) is 4.79 Å². The number of nitrogens with one attached hydrogen (secondary N) is 1. The Kier molecular flexibility index (Phi) is 3.04. The number of carbonyl (C=O) groups is 1. The van der Waals surface area contributed by atoms with E-state index < -0.39 is 0 Å². The number of hydrogen-bond donors (Lipinski definition) is 1. The highest BCUT2D eigenvalue weighted by Crippen LogP contribution is 2.19. The number of carbonyl (C=O) groups excluding carboxylic acids is 1. The van der Waals surface area contributed by atoms with Crippen LogP contribution in [0.4, 0.5) is 5.69 Å². The summed E-state index contributed by atoms with van der Waals surface area (Å²) in [6.07, 6.45) is 0. The van der Waals surface area contributed by atoms with Gasteiger partial charge >= 0.3 is 0 Å². The molecule has 0 aliphatic rings. The van der Waals surface area contributed by atoms with Gasteiger partial charge in [-0.15, -0.1) is 0 Å². The Labute approximate surface area is 84.5 Å². The highest BCUT2D eigenvalue weighted by Gasteiger charge is 2.03. The van der Waals surface area contributed by atoms with Crippen molar-refractivity contribution in [1.29, 1.82) is 5.26 Å². The van der Waals surface area contributed by atoms with Crippen molar-refractivity contribution < 1.29 is 4.79 Å². The smallest absolute Gasteiger partial charge is 0.221 e. The van der Waals surface area contributed by atoms with Crippen LogP contribution in [0.25, 0.3) is 0 Å². The Bertz CT molecular complexity index is 382. The van der Waals surface area contributed by atoms with Gasteiger partial charge in [-0.05, 0) is 18.2 Å². The minimum Gasteiger partial charge on any atom is -0.325 e. The minimum absolute atomic E-state index is 0.182. The van der Waals surface area contributed by atoms with Crippen LogP contribution < -0.4 is 5.32 Å². The number of hydrogen-bond acceptors (Lipinski definition) is 2. The summed E-state index contributed by atoms with van der Waals surface area (Å²) in [7, 11) is 0. The summed E-state index contributed by atoms with van der Waals surface area (Å²) in [4.78, 5) is 10.7. The minimum atomic E-state index is -0.182. The quantitative estimate of drug-likeness (QED) is 0.817. The monoisotopic (exact) mass is 238 g/mol. The van der Waals surface area contributed by atoms with E-state index in [0.717, 1.165) is 4.47 Å². The second-order valence-electron chi connectivity index (χ2n) is 2.48. The van der Waals surface area contributed by atoms with Gasteiger partial charge in [-0.2, -0.15) is 5.26 Å². The number of halogens is 1. The summed E-state index contributed by atoms with van der Waals surface area (Å²) in [6.45, 7) is 1.41. The van der Waals surface area contributed by atoms with Crippen molar-refractivity contribution in [1.82, 2.24) is 0 Å². The van der Waals surface area contributed by atoms with Crippen LogP contribution in [0.3, 0.4) is 0 Å². The summed E-state index contributed by atoms with van der Waals surface area (Å²) in [5, 5.41) is 11.3. The van der Waals surface area contributed by atoms with E-state index in [1.54, 1.807) is 18.2 Å². The maximum Gasteiger partial charge on any atom is 0.221 e. The number of nitrogens with zero attached hydrogens (tertiary/aromatic N) is 1. The average Bonchev–Trinajstić information content (AvgIpc) is 2.07. The molecule has 1 aromatic carbocycles. The molecule has 1 rings (SSSR count).